The number of hydrogen-bond acceptors (Lipinski definition) is 7. The van der Waals surface area contributed by atoms with Crippen LogP contribution in [0.2, 0.25) is 0 Å². The predicted octanol–water partition coefficient (Wildman–Crippen LogP) is 3.90. The maximum Gasteiger partial charge on any atom is 0.319 e. The van der Waals surface area contributed by atoms with Gasteiger partial charge in [-0.25, -0.2) is 0 Å². The third-order valence-electron chi connectivity index (χ3n) is 10.8. The molecule has 8 rings (SSSR count). The van der Waals surface area contributed by atoms with Crippen LogP contribution in [-0.2, 0) is 37.4 Å². The fraction of sp³-hybridized carbons (Fsp3) is 0.581. The topological polar surface area (TPSA) is 66.5 Å². The van der Waals surface area contributed by atoms with Gasteiger partial charge in [0.25, 0.3) is 0 Å². The highest BCUT2D eigenvalue weighted by Gasteiger charge is 2.80. The van der Waals surface area contributed by atoms with E-state index in [0.29, 0.717) is 19.8 Å². The molecule has 0 radical (unpaired) electrons. The van der Waals surface area contributed by atoms with Gasteiger partial charge >= 0.3 is 5.97 Å². The minimum Gasteiger partial charge on any atom is -0.493 e. The summed E-state index contributed by atoms with van der Waals surface area (Å²) < 4.78 is 31.0. The molecule has 4 bridgehead atoms. The van der Waals surface area contributed by atoms with Crippen molar-refractivity contribution in [3.05, 3.63) is 59.2 Å². The molecule has 2 aromatic rings. The normalized spacial score (nSPS) is 35.9. The molecule has 0 aromatic heterocycles. The minimum atomic E-state index is -0.438. The smallest absolute Gasteiger partial charge is 0.319 e. The molecule has 4 aliphatic carbocycles. The Morgan fingerprint density at radius 3 is 2.68 bits per heavy atom. The van der Waals surface area contributed by atoms with Gasteiger partial charge in [0, 0.05) is 42.0 Å². The van der Waals surface area contributed by atoms with E-state index in [4.69, 9.17) is 23.7 Å². The van der Waals surface area contributed by atoms with Gasteiger partial charge in [-0.15, -0.1) is 0 Å². The molecule has 2 aliphatic heterocycles. The Balaban J connectivity index is 1.32. The Morgan fingerprint density at radius 1 is 1.08 bits per heavy atom. The van der Waals surface area contributed by atoms with Crippen molar-refractivity contribution in [3.8, 4) is 11.5 Å². The van der Waals surface area contributed by atoms with E-state index in [1.165, 1.54) is 23.8 Å². The molecule has 38 heavy (non-hydrogen) atoms. The zero-order chi connectivity index (χ0) is 26.1. The summed E-state index contributed by atoms with van der Waals surface area (Å²) in [6.07, 6.45) is 4.69. The monoisotopic (exact) mass is 519 g/mol. The molecule has 202 valence electrons. The van der Waals surface area contributed by atoms with Gasteiger partial charge in [-0.3, -0.25) is 9.69 Å². The lowest BCUT2D eigenvalue weighted by Crippen LogP contribution is -2.81. The Morgan fingerprint density at radius 2 is 1.92 bits per heavy atom. The number of methoxy groups -OCH3 is 3. The average Bonchev–Trinajstić information content (AvgIpc) is 3.32. The molecule has 0 amide bonds. The van der Waals surface area contributed by atoms with E-state index in [0.717, 1.165) is 50.1 Å². The largest absolute Gasteiger partial charge is 0.493 e. The van der Waals surface area contributed by atoms with Gasteiger partial charge in [-0.2, -0.15) is 0 Å². The Hall–Kier alpha value is -2.61. The number of esters is 1. The molecule has 1 saturated heterocycles. The van der Waals surface area contributed by atoms with Crippen molar-refractivity contribution in [2.45, 2.75) is 61.9 Å². The minimum absolute atomic E-state index is 0.0321. The van der Waals surface area contributed by atoms with E-state index in [9.17, 15) is 4.79 Å². The van der Waals surface area contributed by atoms with Crippen molar-refractivity contribution in [2.24, 2.45) is 11.3 Å². The molecule has 2 unspecified atom stereocenters. The number of carbonyl (C=O) groups is 1. The van der Waals surface area contributed by atoms with E-state index in [1.54, 1.807) is 7.11 Å². The highest BCUT2D eigenvalue weighted by atomic mass is 16.6. The molecule has 3 saturated carbocycles. The second-order valence-corrected chi connectivity index (χ2v) is 11.8. The van der Waals surface area contributed by atoms with Crippen LogP contribution >= 0.6 is 0 Å². The summed E-state index contributed by atoms with van der Waals surface area (Å²) in [4.78, 5) is 14.9. The van der Waals surface area contributed by atoms with Crippen LogP contribution in [0.15, 0.2) is 42.5 Å². The van der Waals surface area contributed by atoms with Crippen LogP contribution in [0, 0.1) is 11.3 Å². The summed E-state index contributed by atoms with van der Waals surface area (Å²) in [5.41, 5.74) is 3.21. The number of rotatable bonds is 8. The maximum absolute atomic E-state index is 12.5. The van der Waals surface area contributed by atoms with Crippen molar-refractivity contribution in [1.29, 1.82) is 0 Å². The highest BCUT2D eigenvalue weighted by molar-refractivity contribution is 5.72. The van der Waals surface area contributed by atoms with Crippen LogP contribution in [0.1, 0.15) is 42.4 Å². The first-order valence-corrected chi connectivity index (χ1v) is 13.9. The lowest BCUT2D eigenvalue weighted by Gasteiger charge is -2.73. The van der Waals surface area contributed by atoms with Gasteiger partial charge in [-0.1, -0.05) is 36.4 Å². The van der Waals surface area contributed by atoms with Crippen LogP contribution in [-0.4, -0.2) is 69.6 Å². The van der Waals surface area contributed by atoms with E-state index < -0.39 is 5.60 Å². The molecular weight excluding hydrogens is 482 g/mol. The quantitative estimate of drug-likeness (QED) is 0.490. The average molecular weight is 520 g/mol. The second-order valence-electron chi connectivity index (χ2n) is 11.8. The summed E-state index contributed by atoms with van der Waals surface area (Å²) in [6, 6.07) is 14.8. The fourth-order valence-electron chi connectivity index (χ4n) is 9.36. The lowest BCUT2D eigenvalue weighted by atomic mass is 9.35. The molecule has 2 aromatic carbocycles. The van der Waals surface area contributed by atoms with Crippen molar-refractivity contribution in [1.82, 2.24) is 4.90 Å². The summed E-state index contributed by atoms with van der Waals surface area (Å²) in [6.45, 7) is 2.36. The van der Waals surface area contributed by atoms with Crippen LogP contribution < -0.4 is 9.47 Å². The molecule has 7 heteroatoms. The molecule has 7 nitrogen and oxygen atoms in total. The molecule has 2 spiro atoms. The van der Waals surface area contributed by atoms with Crippen molar-refractivity contribution >= 4 is 5.97 Å². The number of benzene rings is 2. The molecule has 6 atom stereocenters. The van der Waals surface area contributed by atoms with E-state index >= 15 is 0 Å². The summed E-state index contributed by atoms with van der Waals surface area (Å²) in [5.74, 6) is 1.73. The number of nitrogens with zero attached hydrogens (tertiary/aromatic N) is 1. The molecular formula is C31H37NO6. The summed E-state index contributed by atoms with van der Waals surface area (Å²) in [5, 5.41) is 0. The van der Waals surface area contributed by atoms with Gasteiger partial charge in [0.15, 0.2) is 11.5 Å². The lowest BCUT2D eigenvalue weighted by molar-refractivity contribution is -0.283. The standard InChI is InChI=1S/C31H37NO6/c1-34-23-10-9-21-15-24-29-11-12-31(36-3,22(16-29)19-37-18-20-7-5-4-6-8-20)28-30(29,26(21)27(23)38-28)13-14-32(24)17-25(33)35-2/h4-10,22,24,28H,11-19H2,1-3H3/t22-,24?,28-,29-,30?,31-/m1/s1. The number of piperidine rings is 1. The number of carbonyl (C=O) groups excluding carboxylic acids is 1. The number of likely N-dealkylation sites (tertiary alicyclic amines) is 1. The first-order chi connectivity index (χ1) is 18.5. The van der Waals surface area contributed by atoms with E-state index in [-0.39, 0.29) is 34.9 Å². The third-order valence-corrected chi connectivity index (χ3v) is 10.8. The SMILES string of the molecule is COC(=O)CN1CCC23c4c5ccc(OC)c4O[C@H]2[C@@]2(OC)CC[C@@]3(C[C@@H]2COCc2ccccc2)C1C5. The van der Waals surface area contributed by atoms with Crippen LogP contribution in [0.3, 0.4) is 0 Å². The predicted molar refractivity (Wildman–Crippen MR) is 140 cm³/mol. The van der Waals surface area contributed by atoms with Gasteiger partial charge in [0.05, 0.1) is 34.0 Å². The third kappa shape index (κ3) is 2.98. The number of hydrogen-bond donors (Lipinski definition) is 0. The van der Waals surface area contributed by atoms with Gasteiger partial charge in [0.1, 0.15) is 11.7 Å². The molecule has 0 N–H and O–H groups in total. The maximum atomic E-state index is 12.5. The zero-order valence-corrected chi connectivity index (χ0v) is 22.5. The van der Waals surface area contributed by atoms with Crippen molar-refractivity contribution in [2.75, 3.05) is 41.0 Å². The van der Waals surface area contributed by atoms with Crippen LogP contribution in [0.25, 0.3) is 0 Å². The number of ether oxygens (including phenoxy) is 5. The molecule has 2 heterocycles. The van der Waals surface area contributed by atoms with E-state index in [2.05, 4.69) is 23.1 Å². The molecule has 4 fully saturated rings. The second kappa shape index (κ2) is 8.70. The van der Waals surface area contributed by atoms with Crippen LogP contribution in [0.5, 0.6) is 11.5 Å². The number of fused-ring (bicyclic) bond motifs is 2. The van der Waals surface area contributed by atoms with Gasteiger partial charge in [0.2, 0.25) is 0 Å². The highest BCUT2D eigenvalue weighted by Crippen LogP contribution is 2.76. The zero-order valence-electron chi connectivity index (χ0n) is 22.5. The first kappa shape index (κ1) is 24.4. The molecule has 6 aliphatic rings. The Kier molecular flexibility index (Phi) is 5.59. The Bertz CT molecular complexity index is 1250. The summed E-state index contributed by atoms with van der Waals surface area (Å²) >= 11 is 0. The van der Waals surface area contributed by atoms with Crippen molar-refractivity contribution in [3.63, 3.8) is 0 Å². The first-order valence-electron chi connectivity index (χ1n) is 13.9. The summed E-state index contributed by atoms with van der Waals surface area (Å²) in [7, 11) is 5.06. The van der Waals surface area contributed by atoms with E-state index in [1.807, 2.05) is 31.4 Å². The fourth-order valence-corrected chi connectivity index (χ4v) is 9.36. The van der Waals surface area contributed by atoms with Crippen LogP contribution in [0.4, 0.5) is 0 Å². The van der Waals surface area contributed by atoms with Crippen molar-refractivity contribution < 1.29 is 28.5 Å². The Labute approximate surface area is 224 Å². The van der Waals surface area contributed by atoms with Gasteiger partial charge < -0.3 is 23.7 Å². The van der Waals surface area contributed by atoms with Gasteiger partial charge in [-0.05, 0) is 49.3 Å².